The molecular weight excluding hydrogens is 267 g/mol. The number of hydrogen-bond donors (Lipinski definition) is 1. The zero-order valence-electron chi connectivity index (χ0n) is 11.0. The van der Waals surface area contributed by atoms with Crippen LogP contribution in [-0.2, 0) is 6.18 Å². The summed E-state index contributed by atoms with van der Waals surface area (Å²) in [7, 11) is 0. The second-order valence-corrected chi connectivity index (χ2v) is 4.96. The lowest BCUT2D eigenvalue weighted by atomic mass is 10.0. The molecule has 1 aliphatic carbocycles. The van der Waals surface area contributed by atoms with E-state index in [0.717, 1.165) is 31.7 Å². The first-order valence-corrected chi connectivity index (χ1v) is 6.56. The van der Waals surface area contributed by atoms with Crippen molar-refractivity contribution in [1.29, 1.82) is 0 Å². The van der Waals surface area contributed by atoms with Gasteiger partial charge in [0.05, 0.1) is 11.1 Å². The first-order chi connectivity index (χ1) is 9.41. The van der Waals surface area contributed by atoms with Crippen LogP contribution in [0, 0.1) is 0 Å². The molecule has 0 aromatic heterocycles. The highest BCUT2D eigenvalue weighted by Gasteiger charge is 2.35. The van der Waals surface area contributed by atoms with E-state index in [1.807, 2.05) is 0 Å². The van der Waals surface area contributed by atoms with Crippen molar-refractivity contribution in [3.8, 4) is 0 Å². The van der Waals surface area contributed by atoms with Gasteiger partial charge in [-0.3, -0.25) is 4.79 Å². The van der Waals surface area contributed by atoms with E-state index in [1.165, 1.54) is 18.2 Å². The van der Waals surface area contributed by atoms with Gasteiger partial charge in [0.1, 0.15) is 0 Å². The predicted octanol–water partition coefficient (Wildman–Crippen LogP) is 4.02. The molecule has 1 aromatic rings. The highest BCUT2D eigenvalue weighted by Crippen LogP contribution is 2.33. The Morgan fingerprint density at radius 3 is 2.50 bits per heavy atom. The lowest BCUT2D eigenvalue weighted by Crippen LogP contribution is -2.34. The number of alkyl halides is 3. The van der Waals surface area contributed by atoms with Crippen LogP contribution in [0.4, 0.5) is 13.2 Å². The van der Waals surface area contributed by atoms with Gasteiger partial charge in [-0.25, -0.2) is 0 Å². The van der Waals surface area contributed by atoms with Crippen LogP contribution >= 0.6 is 0 Å². The normalized spacial score (nSPS) is 16.1. The number of carbonyl (C=O) groups is 1. The summed E-state index contributed by atoms with van der Waals surface area (Å²) in [6.45, 7) is 3.44. The smallest absolute Gasteiger partial charge is 0.349 e. The maximum absolute atomic E-state index is 13.0. The molecule has 0 heterocycles. The molecule has 1 saturated carbocycles. The Morgan fingerprint density at radius 2 is 1.95 bits per heavy atom. The first-order valence-electron chi connectivity index (χ1n) is 6.56. The summed E-state index contributed by atoms with van der Waals surface area (Å²) >= 11 is 0. The molecule has 0 bridgehead atoms. The average molecular weight is 283 g/mol. The number of benzene rings is 1. The number of carbonyl (C=O) groups excluding carboxylic acids is 1. The maximum atomic E-state index is 13.0. The van der Waals surface area contributed by atoms with Crippen LogP contribution in [0.3, 0.4) is 0 Å². The highest BCUT2D eigenvalue weighted by atomic mass is 19.4. The summed E-state index contributed by atoms with van der Waals surface area (Å²) in [6.07, 6.45) is 0.448. The van der Waals surface area contributed by atoms with Gasteiger partial charge in [0.25, 0.3) is 5.91 Å². The molecule has 1 aliphatic rings. The van der Waals surface area contributed by atoms with Crippen LogP contribution in [-0.4, -0.2) is 11.9 Å². The number of rotatable bonds is 3. The largest absolute Gasteiger partial charge is 0.417 e. The summed E-state index contributed by atoms with van der Waals surface area (Å²) < 4.78 is 39.1. The van der Waals surface area contributed by atoms with Crippen molar-refractivity contribution in [2.45, 2.75) is 37.9 Å². The quantitative estimate of drug-likeness (QED) is 0.891. The van der Waals surface area contributed by atoms with E-state index in [9.17, 15) is 18.0 Å². The van der Waals surface area contributed by atoms with Crippen molar-refractivity contribution in [3.63, 3.8) is 0 Å². The lowest BCUT2D eigenvalue weighted by Gasteiger charge is -2.16. The Bertz CT molecular complexity index is 516. The van der Waals surface area contributed by atoms with E-state index in [2.05, 4.69) is 11.9 Å². The Morgan fingerprint density at radius 1 is 1.30 bits per heavy atom. The Kier molecular flexibility index (Phi) is 4.16. The van der Waals surface area contributed by atoms with Gasteiger partial charge in [-0.15, -0.1) is 0 Å². The Labute approximate surface area is 115 Å². The van der Waals surface area contributed by atoms with Gasteiger partial charge in [-0.2, -0.15) is 13.2 Å². The molecule has 0 saturated heterocycles. The van der Waals surface area contributed by atoms with Crippen molar-refractivity contribution in [1.82, 2.24) is 5.32 Å². The van der Waals surface area contributed by atoms with Crippen molar-refractivity contribution in [3.05, 3.63) is 41.5 Å². The minimum absolute atomic E-state index is 0.0114. The van der Waals surface area contributed by atoms with E-state index < -0.39 is 17.6 Å². The number of hydrogen-bond acceptors (Lipinski definition) is 1. The van der Waals surface area contributed by atoms with Crippen LogP contribution in [0.25, 0.3) is 6.08 Å². The first kappa shape index (κ1) is 14.6. The fraction of sp³-hybridized carbons (Fsp3) is 0.400. The van der Waals surface area contributed by atoms with Crippen LogP contribution in [0.1, 0.15) is 47.2 Å². The zero-order chi connectivity index (χ0) is 14.8. The van der Waals surface area contributed by atoms with E-state index in [-0.39, 0.29) is 11.6 Å². The monoisotopic (exact) mass is 283 g/mol. The molecule has 1 amide bonds. The topological polar surface area (TPSA) is 29.1 Å². The highest BCUT2D eigenvalue weighted by molar-refractivity contribution is 5.96. The zero-order valence-corrected chi connectivity index (χ0v) is 11.0. The molecule has 0 atom stereocenters. The lowest BCUT2D eigenvalue weighted by molar-refractivity contribution is -0.137. The van der Waals surface area contributed by atoms with Crippen LogP contribution in [0.5, 0.6) is 0 Å². The molecule has 108 valence electrons. The Balaban J connectivity index is 2.29. The van der Waals surface area contributed by atoms with Crippen molar-refractivity contribution < 1.29 is 18.0 Å². The van der Waals surface area contributed by atoms with E-state index >= 15 is 0 Å². The molecule has 5 heteroatoms. The molecule has 2 rings (SSSR count). The molecule has 20 heavy (non-hydrogen) atoms. The van der Waals surface area contributed by atoms with E-state index in [0.29, 0.717) is 5.56 Å². The third-order valence-corrected chi connectivity index (χ3v) is 3.52. The van der Waals surface area contributed by atoms with Gasteiger partial charge < -0.3 is 5.32 Å². The summed E-state index contributed by atoms with van der Waals surface area (Å²) in [4.78, 5) is 12.0. The third-order valence-electron chi connectivity index (χ3n) is 3.52. The fourth-order valence-electron chi connectivity index (χ4n) is 2.45. The SMILES string of the molecule is C=Cc1ccc(C(=O)NC2CCCC2)c(C(F)(F)F)c1. The van der Waals surface area contributed by atoms with Crippen LogP contribution in [0.15, 0.2) is 24.8 Å². The summed E-state index contributed by atoms with van der Waals surface area (Å²) in [5, 5.41) is 2.68. The van der Waals surface area contributed by atoms with E-state index in [1.54, 1.807) is 0 Å². The van der Waals surface area contributed by atoms with Crippen LogP contribution < -0.4 is 5.32 Å². The molecule has 0 spiro atoms. The minimum atomic E-state index is -4.55. The second kappa shape index (κ2) is 5.69. The predicted molar refractivity (Wildman–Crippen MR) is 71.3 cm³/mol. The molecule has 1 fully saturated rings. The van der Waals surface area contributed by atoms with Gasteiger partial charge in [-0.05, 0) is 30.5 Å². The van der Waals surface area contributed by atoms with Gasteiger partial charge in [0.2, 0.25) is 0 Å². The van der Waals surface area contributed by atoms with Crippen molar-refractivity contribution >= 4 is 12.0 Å². The molecule has 1 aromatic carbocycles. The second-order valence-electron chi connectivity index (χ2n) is 4.96. The van der Waals surface area contributed by atoms with Gasteiger partial charge >= 0.3 is 6.18 Å². The molecule has 0 aliphatic heterocycles. The minimum Gasteiger partial charge on any atom is -0.349 e. The average Bonchev–Trinajstić information content (AvgIpc) is 2.89. The van der Waals surface area contributed by atoms with Gasteiger partial charge in [-0.1, -0.05) is 31.6 Å². The third kappa shape index (κ3) is 3.21. The van der Waals surface area contributed by atoms with Crippen molar-refractivity contribution in [2.24, 2.45) is 0 Å². The summed E-state index contributed by atoms with van der Waals surface area (Å²) in [5.41, 5.74) is -0.893. The number of halogens is 3. The van der Waals surface area contributed by atoms with Gasteiger partial charge in [0, 0.05) is 6.04 Å². The molecule has 0 radical (unpaired) electrons. The Hall–Kier alpha value is -1.78. The maximum Gasteiger partial charge on any atom is 0.417 e. The summed E-state index contributed by atoms with van der Waals surface area (Å²) in [5.74, 6) is -0.653. The van der Waals surface area contributed by atoms with Gasteiger partial charge in [0.15, 0.2) is 0 Å². The van der Waals surface area contributed by atoms with Crippen LogP contribution in [0.2, 0.25) is 0 Å². The number of nitrogens with one attached hydrogen (secondary N) is 1. The molecule has 1 N–H and O–H groups in total. The molecule has 0 unspecified atom stereocenters. The van der Waals surface area contributed by atoms with Crippen molar-refractivity contribution in [2.75, 3.05) is 0 Å². The molecule has 2 nitrogen and oxygen atoms in total. The fourth-order valence-corrected chi connectivity index (χ4v) is 2.45. The standard InChI is InChI=1S/C15H16F3NO/c1-2-10-7-8-12(13(9-10)15(16,17)18)14(20)19-11-5-3-4-6-11/h2,7-9,11H,1,3-6H2,(H,19,20). The number of amides is 1. The van der Waals surface area contributed by atoms with E-state index in [4.69, 9.17) is 0 Å². The molecular formula is C15H16F3NO. The summed E-state index contributed by atoms with van der Waals surface area (Å²) in [6, 6.07) is 3.62.